The summed E-state index contributed by atoms with van der Waals surface area (Å²) in [4.78, 5) is 19.0. The number of aryl methyl sites for hydroxylation is 1. The van der Waals surface area contributed by atoms with Crippen LogP contribution < -0.4 is 9.64 Å². The lowest BCUT2D eigenvalue weighted by molar-refractivity contribution is -0.121. The Balaban J connectivity index is 1.69. The molecule has 1 aliphatic rings. The van der Waals surface area contributed by atoms with Crippen LogP contribution in [0.2, 0.25) is 10.0 Å². The monoisotopic (exact) mass is 432 g/mol. The third kappa shape index (κ3) is 3.88. The molecule has 0 aliphatic carbocycles. The maximum atomic E-state index is 12.6. The van der Waals surface area contributed by atoms with Crippen molar-refractivity contribution >= 4 is 46.1 Å². The minimum atomic E-state index is -0.111. The molecule has 28 heavy (non-hydrogen) atoms. The van der Waals surface area contributed by atoms with Crippen LogP contribution in [0.25, 0.3) is 11.3 Å². The highest BCUT2D eigenvalue weighted by Gasteiger charge is 2.27. The maximum absolute atomic E-state index is 12.6. The average Bonchev–Trinajstić information content (AvgIpc) is 3.14. The van der Waals surface area contributed by atoms with Gasteiger partial charge in [-0.05, 0) is 48.7 Å². The van der Waals surface area contributed by atoms with Gasteiger partial charge in [0.05, 0.1) is 22.9 Å². The van der Waals surface area contributed by atoms with E-state index < -0.39 is 0 Å². The number of hydrogen-bond acceptors (Lipinski definition) is 4. The van der Waals surface area contributed by atoms with Gasteiger partial charge in [0.2, 0.25) is 0 Å². The minimum Gasteiger partial charge on any atom is -0.482 e. The van der Waals surface area contributed by atoms with Crippen LogP contribution in [0.15, 0.2) is 41.8 Å². The highest BCUT2D eigenvalue weighted by atomic mass is 35.5. The molecule has 0 fully saturated rings. The van der Waals surface area contributed by atoms with Gasteiger partial charge in [0.15, 0.2) is 6.61 Å². The number of hydrogen-bond donors (Lipinski definition) is 0. The third-order valence-electron chi connectivity index (χ3n) is 4.56. The number of carbonyl (C=O) groups is 1. The first kappa shape index (κ1) is 19.2. The number of benzene rings is 2. The van der Waals surface area contributed by atoms with Gasteiger partial charge < -0.3 is 9.64 Å². The number of thiazole rings is 1. The molecular weight excluding hydrogens is 415 g/mol. The molecule has 1 aromatic heterocycles. The molecular formula is C21H18Cl2N2O2S. The summed E-state index contributed by atoms with van der Waals surface area (Å²) in [5, 5.41) is 4.27. The minimum absolute atomic E-state index is 0.00883. The van der Waals surface area contributed by atoms with E-state index in [0.717, 1.165) is 40.4 Å². The van der Waals surface area contributed by atoms with Crippen LogP contribution >= 0.6 is 34.5 Å². The zero-order valence-corrected chi connectivity index (χ0v) is 17.6. The van der Waals surface area contributed by atoms with E-state index in [1.807, 2.05) is 24.3 Å². The van der Waals surface area contributed by atoms with Crippen molar-refractivity contribution in [2.45, 2.75) is 26.3 Å². The second-order valence-electron chi connectivity index (χ2n) is 6.56. The van der Waals surface area contributed by atoms with Gasteiger partial charge in [0.25, 0.3) is 5.91 Å². The number of carbonyl (C=O) groups excluding carboxylic acids is 1. The Hall–Kier alpha value is -2.08. The Morgan fingerprint density at radius 1 is 1.21 bits per heavy atom. The third-order valence-corrected chi connectivity index (χ3v) is 6.05. The fourth-order valence-corrected chi connectivity index (χ4v) is 4.50. The molecule has 7 heteroatoms. The van der Waals surface area contributed by atoms with Gasteiger partial charge in [-0.15, -0.1) is 11.3 Å². The predicted molar refractivity (Wildman–Crippen MR) is 115 cm³/mol. The molecule has 0 spiro atoms. The van der Waals surface area contributed by atoms with Crippen LogP contribution in [0.5, 0.6) is 5.75 Å². The van der Waals surface area contributed by atoms with E-state index in [0.29, 0.717) is 22.3 Å². The van der Waals surface area contributed by atoms with Crippen LogP contribution in [0.3, 0.4) is 0 Å². The molecule has 0 atom stereocenters. The Kier molecular flexibility index (Phi) is 5.58. The second-order valence-corrected chi connectivity index (χ2v) is 8.35. The molecule has 4 rings (SSSR count). The van der Waals surface area contributed by atoms with Crippen molar-refractivity contribution in [3.8, 4) is 17.0 Å². The quantitative estimate of drug-likeness (QED) is 0.496. The molecule has 0 unspecified atom stereocenters. The number of rotatable bonds is 5. The number of anilines is 1. The van der Waals surface area contributed by atoms with Crippen molar-refractivity contribution in [1.29, 1.82) is 0 Å². The molecule has 0 N–H and O–H groups in total. The van der Waals surface area contributed by atoms with E-state index in [2.05, 4.69) is 12.3 Å². The fraction of sp³-hybridized carbons (Fsp3) is 0.238. The van der Waals surface area contributed by atoms with E-state index in [1.54, 1.807) is 28.4 Å². The summed E-state index contributed by atoms with van der Waals surface area (Å²) in [7, 11) is 0. The molecule has 1 aliphatic heterocycles. The first-order chi connectivity index (χ1) is 13.5. The fourth-order valence-electron chi connectivity index (χ4n) is 3.13. The Labute approximate surface area is 177 Å². The van der Waals surface area contributed by atoms with Gasteiger partial charge >= 0.3 is 0 Å². The zero-order chi connectivity index (χ0) is 19.7. The number of nitrogens with zero attached hydrogens (tertiary/aromatic N) is 2. The van der Waals surface area contributed by atoms with Crippen molar-refractivity contribution in [3.05, 3.63) is 62.4 Å². The Morgan fingerprint density at radius 3 is 2.86 bits per heavy atom. The van der Waals surface area contributed by atoms with Gasteiger partial charge in [-0.1, -0.05) is 36.2 Å². The standard InChI is InChI=1S/C21H18Cl2N2O2S/c1-2-3-20-24-17(12-28-20)13-5-7-19-18(8-13)25(21(26)11-27-19)10-14-4-6-15(22)9-16(14)23/h4-9,12H,2-3,10-11H2,1H3. The summed E-state index contributed by atoms with van der Waals surface area (Å²) in [6.07, 6.45) is 2.04. The van der Waals surface area contributed by atoms with Crippen molar-refractivity contribution in [3.63, 3.8) is 0 Å². The number of amides is 1. The zero-order valence-electron chi connectivity index (χ0n) is 15.2. The molecule has 0 saturated carbocycles. The van der Waals surface area contributed by atoms with Crippen LogP contribution in [0.1, 0.15) is 23.9 Å². The van der Waals surface area contributed by atoms with Crippen molar-refractivity contribution in [1.82, 2.24) is 4.98 Å². The first-order valence-corrected chi connectivity index (χ1v) is 10.6. The summed E-state index contributed by atoms with van der Waals surface area (Å²) in [6, 6.07) is 11.1. The van der Waals surface area contributed by atoms with E-state index in [-0.39, 0.29) is 12.5 Å². The maximum Gasteiger partial charge on any atom is 0.265 e. The topological polar surface area (TPSA) is 42.4 Å². The molecule has 2 aromatic carbocycles. The number of aromatic nitrogens is 1. The summed E-state index contributed by atoms with van der Waals surface area (Å²) >= 11 is 14.0. The normalized spacial score (nSPS) is 13.4. The lowest BCUT2D eigenvalue weighted by Gasteiger charge is -2.30. The van der Waals surface area contributed by atoms with E-state index in [4.69, 9.17) is 32.9 Å². The molecule has 3 aromatic rings. The average molecular weight is 433 g/mol. The molecule has 0 saturated heterocycles. The highest BCUT2D eigenvalue weighted by molar-refractivity contribution is 7.09. The van der Waals surface area contributed by atoms with Crippen LogP contribution in [0, 0.1) is 0 Å². The SMILES string of the molecule is CCCc1nc(-c2ccc3c(c2)N(Cc2ccc(Cl)cc2Cl)C(=O)CO3)cs1. The second kappa shape index (κ2) is 8.11. The van der Waals surface area contributed by atoms with E-state index in [1.165, 1.54) is 0 Å². The van der Waals surface area contributed by atoms with Crippen LogP contribution in [-0.4, -0.2) is 17.5 Å². The predicted octanol–water partition coefficient (Wildman–Crippen LogP) is 6.00. The van der Waals surface area contributed by atoms with Gasteiger partial charge in [0, 0.05) is 21.0 Å². The van der Waals surface area contributed by atoms with Crippen molar-refractivity contribution < 1.29 is 9.53 Å². The molecule has 4 nitrogen and oxygen atoms in total. The lowest BCUT2D eigenvalue weighted by Crippen LogP contribution is -2.38. The number of halogens is 2. The van der Waals surface area contributed by atoms with Gasteiger partial charge in [-0.2, -0.15) is 0 Å². The summed E-state index contributed by atoms with van der Waals surface area (Å²) in [5.74, 6) is 0.568. The molecule has 2 heterocycles. The summed E-state index contributed by atoms with van der Waals surface area (Å²) in [5.41, 5.74) is 3.43. The molecule has 0 radical (unpaired) electrons. The highest BCUT2D eigenvalue weighted by Crippen LogP contribution is 2.38. The number of fused-ring (bicyclic) bond motifs is 1. The van der Waals surface area contributed by atoms with Crippen molar-refractivity contribution in [2.24, 2.45) is 0 Å². The summed E-state index contributed by atoms with van der Waals surface area (Å²) in [6.45, 7) is 2.50. The van der Waals surface area contributed by atoms with Crippen LogP contribution in [0.4, 0.5) is 5.69 Å². The van der Waals surface area contributed by atoms with E-state index in [9.17, 15) is 4.79 Å². The van der Waals surface area contributed by atoms with Gasteiger partial charge in [-0.25, -0.2) is 4.98 Å². The first-order valence-electron chi connectivity index (χ1n) is 9.01. The number of ether oxygens (including phenoxy) is 1. The van der Waals surface area contributed by atoms with Gasteiger partial charge in [0.1, 0.15) is 5.75 Å². The molecule has 0 bridgehead atoms. The van der Waals surface area contributed by atoms with Crippen molar-refractivity contribution in [2.75, 3.05) is 11.5 Å². The van der Waals surface area contributed by atoms with E-state index >= 15 is 0 Å². The largest absolute Gasteiger partial charge is 0.482 e. The Bertz CT molecular complexity index is 1030. The van der Waals surface area contributed by atoms with Gasteiger partial charge in [-0.3, -0.25) is 4.79 Å². The smallest absolute Gasteiger partial charge is 0.265 e. The lowest BCUT2D eigenvalue weighted by atomic mass is 10.1. The van der Waals surface area contributed by atoms with Crippen LogP contribution in [-0.2, 0) is 17.8 Å². The molecule has 1 amide bonds. The Morgan fingerprint density at radius 2 is 2.07 bits per heavy atom. The molecule has 144 valence electrons. The summed E-state index contributed by atoms with van der Waals surface area (Å²) < 4.78 is 5.62.